The van der Waals surface area contributed by atoms with E-state index in [-0.39, 0.29) is 5.56 Å². The molecule has 0 bridgehead atoms. The summed E-state index contributed by atoms with van der Waals surface area (Å²) in [4.78, 5) is 11.1. The Hall–Kier alpha value is -1.26. The van der Waals surface area contributed by atoms with Crippen molar-refractivity contribution in [2.75, 3.05) is 0 Å². The van der Waals surface area contributed by atoms with Crippen molar-refractivity contribution >= 4 is 5.78 Å². The summed E-state index contributed by atoms with van der Waals surface area (Å²) in [6.07, 6.45) is -2.96. The first-order chi connectivity index (χ1) is 6.49. The molecule has 5 heteroatoms. The van der Waals surface area contributed by atoms with Crippen molar-refractivity contribution in [3.63, 3.8) is 0 Å². The van der Waals surface area contributed by atoms with Crippen molar-refractivity contribution in [3.8, 4) is 0 Å². The number of rotatable bonds is 3. The fourth-order valence-corrected chi connectivity index (χ4v) is 1.47. The number of alkyl halides is 2. The number of hydrogen-bond donors (Lipinski definition) is 0. The summed E-state index contributed by atoms with van der Waals surface area (Å²) in [5.74, 6) is -1.14. The van der Waals surface area contributed by atoms with Crippen molar-refractivity contribution in [2.45, 2.75) is 33.7 Å². The van der Waals surface area contributed by atoms with Gasteiger partial charge < -0.3 is 0 Å². The lowest BCUT2D eigenvalue weighted by atomic mass is 10.1. The molecule has 0 saturated carbocycles. The fraction of sp³-hybridized carbons (Fsp3) is 0.556. The molecule has 14 heavy (non-hydrogen) atoms. The highest BCUT2D eigenvalue weighted by atomic mass is 19.3. The van der Waals surface area contributed by atoms with Gasteiger partial charge in [0.05, 0.1) is 11.3 Å². The third kappa shape index (κ3) is 1.66. The number of Topliss-reactive ketones (excluding diaryl/α,β-unsaturated/α-hetero) is 1. The standard InChI is InChI=1S/C9H12F2N2O/c1-4-13-6(3)7(5(2)12-13)8(14)9(10)11/h9H,4H2,1-3H3. The van der Waals surface area contributed by atoms with E-state index in [1.807, 2.05) is 6.92 Å². The van der Waals surface area contributed by atoms with Gasteiger partial charge in [0.1, 0.15) is 0 Å². The topological polar surface area (TPSA) is 34.9 Å². The monoisotopic (exact) mass is 202 g/mol. The van der Waals surface area contributed by atoms with Gasteiger partial charge in [-0.05, 0) is 20.8 Å². The Kier molecular flexibility index (Phi) is 2.98. The summed E-state index contributed by atoms with van der Waals surface area (Å²) in [6.45, 7) is 5.60. The van der Waals surface area contributed by atoms with Gasteiger partial charge in [-0.25, -0.2) is 8.78 Å². The summed E-state index contributed by atoms with van der Waals surface area (Å²) in [6, 6.07) is 0. The molecule has 78 valence electrons. The van der Waals surface area contributed by atoms with E-state index in [1.165, 1.54) is 0 Å². The second-order valence-corrected chi connectivity index (χ2v) is 3.03. The Morgan fingerprint density at radius 3 is 2.43 bits per heavy atom. The molecule has 0 unspecified atom stereocenters. The molecule has 0 aliphatic carbocycles. The molecule has 0 fully saturated rings. The molecule has 0 atom stereocenters. The molecule has 0 radical (unpaired) electrons. The van der Waals surface area contributed by atoms with Crippen LogP contribution in [0, 0.1) is 13.8 Å². The Bertz CT molecular complexity index is 358. The van der Waals surface area contributed by atoms with Crippen LogP contribution in [0.15, 0.2) is 0 Å². The van der Waals surface area contributed by atoms with E-state index in [4.69, 9.17) is 0 Å². The zero-order valence-electron chi connectivity index (χ0n) is 8.34. The van der Waals surface area contributed by atoms with Crippen molar-refractivity contribution < 1.29 is 13.6 Å². The van der Waals surface area contributed by atoms with Crippen LogP contribution in [0.3, 0.4) is 0 Å². The molecule has 0 aromatic carbocycles. The fourth-order valence-electron chi connectivity index (χ4n) is 1.47. The average molecular weight is 202 g/mol. The first kappa shape index (κ1) is 10.8. The van der Waals surface area contributed by atoms with Crippen molar-refractivity contribution in [1.82, 2.24) is 9.78 Å². The molecule has 0 N–H and O–H groups in total. The van der Waals surface area contributed by atoms with Crippen LogP contribution in [-0.2, 0) is 6.54 Å². The molecule has 0 aliphatic rings. The first-order valence-electron chi connectivity index (χ1n) is 4.35. The number of ketones is 1. The lowest BCUT2D eigenvalue weighted by Gasteiger charge is -2.00. The van der Waals surface area contributed by atoms with Crippen LogP contribution < -0.4 is 0 Å². The highest BCUT2D eigenvalue weighted by Crippen LogP contribution is 2.16. The van der Waals surface area contributed by atoms with Gasteiger partial charge in [0.25, 0.3) is 0 Å². The van der Waals surface area contributed by atoms with Crippen LogP contribution in [0.5, 0.6) is 0 Å². The smallest absolute Gasteiger partial charge is 0.288 e. The van der Waals surface area contributed by atoms with Gasteiger partial charge in [-0.1, -0.05) is 0 Å². The van der Waals surface area contributed by atoms with E-state index >= 15 is 0 Å². The molecule has 0 spiro atoms. The van der Waals surface area contributed by atoms with Crippen molar-refractivity contribution in [2.24, 2.45) is 0 Å². The Labute approximate surface area is 80.7 Å². The van der Waals surface area contributed by atoms with Crippen LogP contribution in [0.1, 0.15) is 28.7 Å². The Morgan fingerprint density at radius 1 is 1.50 bits per heavy atom. The molecule has 1 rings (SSSR count). The lowest BCUT2D eigenvalue weighted by molar-refractivity contribution is 0.0677. The SMILES string of the molecule is CCn1nc(C)c(C(=O)C(F)F)c1C. The number of aromatic nitrogens is 2. The third-order valence-electron chi connectivity index (χ3n) is 2.13. The van der Waals surface area contributed by atoms with Gasteiger partial charge in [-0.2, -0.15) is 5.10 Å². The van der Waals surface area contributed by atoms with Gasteiger partial charge in [-0.15, -0.1) is 0 Å². The molecule has 1 heterocycles. The number of carbonyl (C=O) groups is 1. The summed E-state index contributed by atoms with van der Waals surface area (Å²) in [5, 5.41) is 3.99. The molecule has 3 nitrogen and oxygen atoms in total. The van der Waals surface area contributed by atoms with E-state index in [2.05, 4.69) is 5.10 Å². The molecule has 0 amide bonds. The first-order valence-corrected chi connectivity index (χ1v) is 4.35. The normalized spacial score (nSPS) is 11.0. The quantitative estimate of drug-likeness (QED) is 0.702. The number of nitrogens with zero attached hydrogens (tertiary/aromatic N) is 2. The zero-order chi connectivity index (χ0) is 10.9. The number of halogens is 2. The minimum Gasteiger partial charge on any atom is -0.288 e. The molecule has 1 aromatic heterocycles. The predicted molar refractivity (Wildman–Crippen MR) is 47.7 cm³/mol. The maximum Gasteiger partial charge on any atom is 0.300 e. The van der Waals surface area contributed by atoms with Crippen LogP contribution in [-0.4, -0.2) is 22.0 Å². The third-order valence-corrected chi connectivity index (χ3v) is 2.13. The van der Waals surface area contributed by atoms with Gasteiger partial charge in [0.2, 0.25) is 5.78 Å². The van der Waals surface area contributed by atoms with Crippen LogP contribution >= 0.6 is 0 Å². The molecule has 1 aromatic rings. The van der Waals surface area contributed by atoms with E-state index in [9.17, 15) is 13.6 Å². The second kappa shape index (κ2) is 3.86. The Balaban J connectivity index is 3.21. The van der Waals surface area contributed by atoms with E-state index in [1.54, 1.807) is 18.5 Å². The summed E-state index contributed by atoms with van der Waals surface area (Å²) in [5.41, 5.74) is 0.937. The number of carbonyl (C=O) groups excluding carboxylic acids is 1. The largest absolute Gasteiger partial charge is 0.300 e. The number of hydrogen-bond acceptors (Lipinski definition) is 2. The average Bonchev–Trinajstić information content (AvgIpc) is 2.40. The van der Waals surface area contributed by atoms with Crippen LogP contribution in [0.25, 0.3) is 0 Å². The summed E-state index contributed by atoms with van der Waals surface area (Å²) < 4.78 is 25.9. The molecular weight excluding hydrogens is 190 g/mol. The number of aryl methyl sites for hydroxylation is 2. The van der Waals surface area contributed by atoms with E-state index < -0.39 is 12.2 Å². The van der Waals surface area contributed by atoms with Gasteiger partial charge >= 0.3 is 6.43 Å². The van der Waals surface area contributed by atoms with Crippen molar-refractivity contribution in [3.05, 3.63) is 17.0 Å². The maximum atomic E-state index is 12.2. The zero-order valence-corrected chi connectivity index (χ0v) is 8.34. The van der Waals surface area contributed by atoms with Gasteiger partial charge in [0.15, 0.2) is 0 Å². The molecule has 0 aliphatic heterocycles. The highest BCUT2D eigenvalue weighted by Gasteiger charge is 2.25. The predicted octanol–water partition coefficient (Wildman–Crippen LogP) is 1.97. The van der Waals surface area contributed by atoms with Crippen molar-refractivity contribution in [1.29, 1.82) is 0 Å². The van der Waals surface area contributed by atoms with E-state index in [0.717, 1.165) is 0 Å². The Morgan fingerprint density at radius 2 is 2.07 bits per heavy atom. The summed E-state index contributed by atoms with van der Waals surface area (Å²) >= 11 is 0. The molecule has 0 saturated heterocycles. The maximum absolute atomic E-state index is 12.2. The van der Waals surface area contributed by atoms with Gasteiger partial charge in [0, 0.05) is 12.2 Å². The second-order valence-electron chi connectivity index (χ2n) is 3.03. The van der Waals surface area contributed by atoms with Crippen LogP contribution in [0.2, 0.25) is 0 Å². The van der Waals surface area contributed by atoms with Gasteiger partial charge in [-0.3, -0.25) is 9.48 Å². The van der Waals surface area contributed by atoms with E-state index in [0.29, 0.717) is 17.9 Å². The minimum absolute atomic E-state index is 0.0573. The highest BCUT2D eigenvalue weighted by molar-refractivity contribution is 6.00. The minimum atomic E-state index is -2.96. The van der Waals surface area contributed by atoms with Crippen LogP contribution in [0.4, 0.5) is 8.78 Å². The summed E-state index contributed by atoms with van der Waals surface area (Å²) in [7, 11) is 0. The lowest BCUT2D eigenvalue weighted by Crippen LogP contribution is -2.12. The molecular formula is C9H12F2N2O.